The standard InChI is InChI=1S/C28H21ClN4O8/c1-3-39-25(34)15-40-26-16(11-17(29)12-21(26)33(36)37)14-30-32-27(31-20-8-5-4-7-18(20)28(32)35)24-13-19-22(38-2)9-6-10-23(19)41-24/h4-14H,3,15H2,1-2H3. The Morgan fingerprint density at radius 2 is 1.98 bits per heavy atom. The maximum Gasteiger partial charge on any atom is 0.344 e. The van der Waals surface area contributed by atoms with E-state index in [-0.39, 0.29) is 39.9 Å². The van der Waals surface area contributed by atoms with Gasteiger partial charge in [0.2, 0.25) is 11.6 Å². The Bertz CT molecular complexity index is 1900. The number of hydrogen-bond acceptors (Lipinski definition) is 10. The first-order valence-electron chi connectivity index (χ1n) is 12.2. The van der Waals surface area contributed by atoms with Crippen LogP contribution in [-0.4, -0.2) is 47.1 Å². The van der Waals surface area contributed by atoms with Crippen molar-refractivity contribution < 1.29 is 28.3 Å². The summed E-state index contributed by atoms with van der Waals surface area (Å²) in [4.78, 5) is 41.2. The molecule has 5 rings (SSSR count). The predicted molar refractivity (Wildman–Crippen MR) is 151 cm³/mol. The third-order valence-corrected chi connectivity index (χ3v) is 6.15. The zero-order valence-corrected chi connectivity index (χ0v) is 22.5. The van der Waals surface area contributed by atoms with Crippen LogP contribution in [-0.2, 0) is 9.53 Å². The first-order chi connectivity index (χ1) is 19.8. The van der Waals surface area contributed by atoms with Crippen LogP contribution >= 0.6 is 11.6 Å². The number of rotatable bonds is 9. The number of para-hydroxylation sites is 1. The zero-order valence-electron chi connectivity index (χ0n) is 21.7. The zero-order chi connectivity index (χ0) is 29.1. The molecule has 0 atom stereocenters. The number of methoxy groups -OCH3 is 1. The third-order valence-electron chi connectivity index (χ3n) is 5.93. The molecule has 0 aliphatic carbocycles. The highest BCUT2D eigenvalue weighted by atomic mass is 35.5. The maximum atomic E-state index is 13.6. The summed E-state index contributed by atoms with van der Waals surface area (Å²) < 4.78 is 22.8. The van der Waals surface area contributed by atoms with Crippen LogP contribution in [0.3, 0.4) is 0 Å². The van der Waals surface area contributed by atoms with Crippen molar-refractivity contribution in [2.75, 3.05) is 20.3 Å². The van der Waals surface area contributed by atoms with Crippen LogP contribution in [0.25, 0.3) is 33.5 Å². The number of ether oxygens (including phenoxy) is 3. The van der Waals surface area contributed by atoms with Crippen LogP contribution in [0.15, 0.2) is 75.0 Å². The van der Waals surface area contributed by atoms with Gasteiger partial charge in [0.1, 0.15) is 11.3 Å². The molecule has 2 aromatic heterocycles. The highest BCUT2D eigenvalue weighted by Gasteiger charge is 2.23. The Morgan fingerprint density at radius 1 is 1.17 bits per heavy atom. The summed E-state index contributed by atoms with van der Waals surface area (Å²) in [5, 5.41) is 17.0. The average Bonchev–Trinajstić information content (AvgIpc) is 3.40. The molecule has 0 radical (unpaired) electrons. The molecule has 0 saturated carbocycles. The molecule has 5 aromatic rings. The summed E-state index contributed by atoms with van der Waals surface area (Å²) in [7, 11) is 1.53. The normalized spacial score (nSPS) is 11.3. The molecule has 208 valence electrons. The van der Waals surface area contributed by atoms with Gasteiger partial charge in [-0.3, -0.25) is 14.9 Å². The number of aromatic nitrogens is 2. The second-order valence-corrected chi connectivity index (χ2v) is 8.93. The van der Waals surface area contributed by atoms with Crippen molar-refractivity contribution in [1.82, 2.24) is 9.66 Å². The average molecular weight is 577 g/mol. The summed E-state index contributed by atoms with van der Waals surface area (Å²) in [5.41, 5.74) is -0.0944. The molecular weight excluding hydrogens is 556 g/mol. The van der Waals surface area contributed by atoms with E-state index in [4.69, 9.17) is 30.2 Å². The fourth-order valence-corrected chi connectivity index (χ4v) is 4.38. The number of carbonyl (C=O) groups excluding carboxylic acids is 1. The van der Waals surface area contributed by atoms with E-state index in [0.717, 1.165) is 17.0 Å². The molecule has 0 saturated heterocycles. The quantitative estimate of drug-likeness (QED) is 0.0998. The smallest absolute Gasteiger partial charge is 0.344 e. The van der Waals surface area contributed by atoms with Gasteiger partial charge in [0.15, 0.2) is 12.4 Å². The number of esters is 1. The molecular formula is C28H21ClN4O8. The van der Waals surface area contributed by atoms with E-state index >= 15 is 0 Å². The number of benzene rings is 3. The van der Waals surface area contributed by atoms with Crippen molar-refractivity contribution >= 4 is 51.3 Å². The van der Waals surface area contributed by atoms with Crippen molar-refractivity contribution in [1.29, 1.82) is 0 Å². The van der Waals surface area contributed by atoms with Gasteiger partial charge in [-0.25, -0.2) is 9.78 Å². The minimum Gasteiger partial charge on any atom is -0.496 e. The summed E-state index contributed by atoms with van der Waals surface area (Å²) >= 11 is 6.15. The van der Waals surface area contributed by atoms with Gasteiger partial charge in [0, 0.05) is 16.7 Å². The minimum atomic E-state index is -0.725. The number of nitro groups is 1. The number of fused-ring (bicyclic) bond motifs is 2. The molecule has 0 N–H and O–H groups in total. The van der Waals surface area contributed by atoms with E-state index < -0.39 is 28.7 Å². The maximum absolute atomic E-state index is 13.6. The number of carbonyl (C=O) groups is 1. The lowest BCUT2D eigenvalue weighted by atomic mass is 10.2. The van der Waals surface area contributed by atoms with Crippen molar-refractivity contribution in [3.05, 3.63) is 91.7 Å². The number of hydrogen-bond donors (Lipinski definition) is 0. The molecule has 0 aliphatic heterocycles. The van der Waals surface area contributed by atoms with Gasteiger partial charge in [0.05, 0.1) is 41.1 Å². The van der Waals surface area contributed by atoms with Gasteiger partial charge in [0.25, 0.3) is 5.56 Å². The van der Waals surface area contributed by atoms with Crippen LogP contribution < -0.4 is 15.0 Å². The highest BCUT2D eigenvalue weighted by Crippen LogP contribution is 2.35. The minimum absolute atomic E-state index is 0.00946. The fraction of sp³-hybridized carbons (Fsp3) is 0.143. The Labute approximate surface area is 236 Å². The van der Waals surface area contributed by atoms with Gasteiger partial charge < -0.3 is 18.6 Å². The van der Waals surface area contributed by atoms with Crippen LogP contribution in [0.1, 0.15) is 12.5 Å². The SMILES string of the molecule is CCOC(=O)COc1c(C=Nn2c(-c3cc4c(OC)cccc4o3)nc3ccccc3c2=O)cc(Cl)cc1[N+](=O)[O-]. The van der Waals surface area contributed by atoms with Crippen LogP contribution in [0.2, 0.25) is 5.02 Å². The monoisotopic (exact) mass is 576 g/mol. The highest BCUT2D eigenvalue weighted by molar-refractivity contribution is 6.31. The van der Waals surface area contributed by atoms with Crippen molar-refractivity contribution in [3.8, 4) is 23.1 Å². The van der Waals surface area contributed by atoms with Gasteiger partial charge in [-0.2, -0.15) is 9.78 Å². The largest absolute Gasteiger partial charge is 0.496 e. The fourth-order valence-electron chi connectivity index (χ4n) is 4.15. The van der Waals surface area contributed by atoms with Gasteiger partial charge >= 0.3 is 11.7 Å². The summed E-state index contributed by atoms with van der Waals surface area (Å²) in [5.74, 6) is -0.162. The summed E-state index contributed by atoms with van der Waals surface area (Å²) in [6.07, 6.45) is 1.16. The van der Waals surface area contributed by atoms with Crippen LogP contribution in [0.5, 0.6) is 11.5 Å². The lowest BCUT2D eigenvalue weighted by Crippen LogP contribution is -2.20. The van der Waals surface area contributed by atoms with Crippen molar-refractivity contribution in [3.63, 3.8) is 0 Å². The van der Waals surface area contributed by atoms with Crippen LogP contribution in [0, 0.1) is 10.1 Å². The molecule has 12 nitrogen and oxygen atoms in total. The third kappa shape index (κ3) is 5.45. The van der Waals surface area contributed by atoms with E-state index in [2.05, 4.69) is 10.1 Å². The Balaban J connectivity index is 1.69. The first-order valence-corrected chi connectivity index (χ1v) is 12.6. The Morgan fingerprint density at radius 3 is 2.73 bits per heavy atom. The molecule has 0 spiro atoms. The first kappa shape index (κ1) is 27.3. The van der Waals surface area contributed by atoms with Crippen LogP contribution in [0.4, 0.5) is 5.69 Å². The number of nitro benzene ring substituents is 1. The van der Waals surface area contributed by atoms with Gasteiger partial charge in [-0.1, -0.05) is 29.8 Å². The second-order valence-electron chi connectivity index (χ2n) is 8.49. The Kier molecular flexibility index (Phi) is 7.66. The number of nitrogens with zero attached hydrogens (tertiary/aromatic N) is 4. The van der Waals surface area contributed by atoms with Crippen molar-refractivity contribution in [2.24, 2.45) is 5.10 Å². The molecule has 0 bridgehead atoms. The topological polar surface area (TPSA) is 148 Å². The number of furan rings is 1. The van der Waals surface area contributed by atoms with Gasteiger partial charge in [-0.05, 0) is 43.3 Å². The van der Waals surface area contributed by atoms with Crippen molar-refractivity contribution in [2.45, 2.75) is 6.92 Å². The van der Waals surface area contributed by atoms with E-state index in [1.165, 1.54) is 13.2 Å². The second kappa shape index (κ2) is 11.5. The molecule has 0 fully saturated rings. The summed E-state index contributed by atoms with van der Waals surface area (Å²) in [6.45, 7) is 1.12. The summed E-state index contributed by atoms with van der Waals surface area (Å²) in [6, 6.07) is 16.1. The lowest BCUT2D eigenvalue weighted by Gasteiger charge is -2.10. The molecule has 0 aliphatic rings. The molecule has 3 aromatic carbocycles. The number of halogens is 1. The molecule has 0 amide bonds. The van der Waals surface area contributed by atoms with E-state index in [9.17, 15) is 19.7 Å². The molecule has 41 heavy (non-hydrogen) atoms. The molecule has 13 heteroatoms. The predicted octanol–water partition coefficient (Wildman–Crippen LogP) is 5.20. The van der Waals surface area contributed by atoms with E-state index in [0.29, 0.717) is 22.2 Å². The molecule has 0 unspecified atom stereocenters. The Hall–Kier alpha value is -5.23. The van der Waals surface area contributed by atoms with E-state index in [1.807, 2.05) is 0 Å². The van der Waals surface area contributed by atoms with E-state index in [1.54, 1.807) is 55.5 Å². The lowest BCUT2D eigenvalue weighted by molar-refractivity contribution is -0.385. The van der Waals surface area contributed by atoms with Gasteiger partial charge in [-0.15, -0.1) is 0 Å². The molecule has 2 heterocycles.